The van der Waals surface area contributed by atoms with Crippen molar-refractivity contribution in [2.24, 2.45) is 0 Å². The van der Waals surface area contributed by atoms with E-state index in [2.05, 4.69) is 4.72 Å². The molecule has 1 atom stereocenters. The van der Waals surface area contributed by atoms with Crippen molar-refractivity contribution in [2.75, 3.05) is 25.2 Å². The number of rotatable bonds is 5. The SMILES string of the molecule is COC1(CNS(=O)(=O)c2ccccc2Cl)CCSC1. The maximum atomic E-state index is 12.2. The number of sulfonamides is 1. The summed E-state index contributed by atoms with van der Waals surface area (Å²) in [6.07, 6.45) is 0.846. The van der Waals surface area contributed by atoms with E-state index >= 15 is 0 Å². The van der Waals surface area contributed by atoms with Crippen molar-refractivity contribution in [2.45, 2.75) is 16.9 Å². The Balaban J connectivity index is 2.12. The van der Waals surface area contributed by atoms with Crippen LogP contribution in [-0.4, -0.2) is 39.2 Å². The molecule has 1 unspecified atom stereocenters. The van der Waals surface area contributed by atoms with Crippen LogP contribution in [0.15, 0.2) is 29.2 Å². The van der Waals surface area contributed by atoms with Crippen LogP contribution in [0.25, 0.3) is 0 Å². The number of nitrogens with one attached hydrogen (secondary N) is 1. The zero-order valence-electron chi connectivity index (χ0n) is 10.6. The number of methoxy groups -OCH3 is 1. The summed E-state index contributed by atoms with van der Waals surface area (Å²) in [5.74, 6) is 1.79. The van der Waals surface area contributed by atoms with E-state index in [9.17, 15) is 8.42 Å². The molecule has 1 heterocycles. The van der Waals surface area contributed by atoms with Crippen molar-refractivity contribution in [3.05, 3.63) is 29.3 Å². The monoisotopic (exact) mass is 321 g/mol. The van der Waals surface area contributed by atoms with Crippen LogP contribution in [0.5, 0.6) is 0 Å². The van der Waals surface area contributed by atoms with Gasteiger partial charge in [0.2, 0.25) is 10.0 Å². The van der Waals surface area contributed by atoms with E-state index in [4.69, 9.17) is 16.3 Å². The molecule has 0 bridgehead atoms. The average molecular weight is 322 g/mol. The van der Waals surface area contributed by atoms with Gasteiger partial charge in [-0.2, -0.15) is 11.8 Å². The molecule has 1 aliphatic heterocycles. The van der Waals surface area contributed by atoms with Crippen molar-refractivity contribution >= 4 is 33.4 Å². The quantitative estimate of drug-likeness (QED) is 0.902. The molecular weight excluding hydrogens is 306 g/mol. The lowest BCUT2D eigenvalue weighted by atomic mass is 10.0. The first-order chi connectivity index (χ1) is 8.99. The second kappa shape index (κ2) is 6.01. The molecule has 19 heavy (non-hydrogen) atoms. The lowest BCUT2D eigenvalue weighted by molar-refractivity contribution is 0.0179. The fraction of sp³-hybridized carbons (Fsp3) is 0.500. The summed E-state index contributed by atoms with van der Waals surface area (Å²) in [7, 11) is -1.98. The summed E-state index contributed by atoms with van der Waals surface area (Å²) < 4.78 is 32.5. The minimum absolute atomic E-state index is 0.105. The van der Waals surface area contributed by atoms with Crippen LogP contribution in [0.4, 0.5) is 0 Å². The van der Waals surface area contributed by atoms with Crippen LogP contribution >= 0.6 is 23.4 Å². The predicted octanol–water partition coefficient (Wildman–Crippen LogP) is 2.14. The Morgan fingerprint density at radius 1 is 1.47 bits per heavy atom. The van der Waals surface area contributed by atoms with Crippen LogP contribution in [0.2, 0.25) is 5.02 Å². The van der Waals surface area contributed by atoms with Gasteiger partial charge in [0.15, 0.2) is 0 Å². The van der Waals surface area contributed by atoms with Gasteiger partial charge in [-0.1, -0.05) is 23.7 Å². The Hall–Kier alpha value is -0.270. The van der Waals surface area contributed by atoms with Gasteiger partial charge in [0.25, 0.3) is 0 Å². The van der Waals surface area contributed by atoms with Crippen molar-refractivity contribution < 1.29 is 13.2 Å². The van der Waals surface area contributed by atoms with Gasteiger partial charge in [-0.3, -0.25) is 0 Å². The van der Waals surface area contributed by atoms with E-state index < -0.39 is 15.6 Å². The first-order valence-corrected chi connectivity index (χ1v) is 8.88. The maximum Gasteiger partial charge on any atom is 0.242 e. The van der Waals surface area contributed by atoms with Gasteiger partial charge in [-0.05, 0) is 24.3 Å². The Morgan fingerprint density at radius 3 is 2.79 bits per heavy atom. The van der Waals surface area contributed by atoms with Crippen LogP contribution < -0.4 is 4.72 Å². The first-order valence-electron chi connectivity index (χ1n) is 5.86. The molecule has 1 aliphatic rings. The van der Waals surface area contributed by atoms with Gasteiger partial charge in [0, 0.05) is 19.4 Å². The van der Waals surface area contributed by atoms with Gasteiger partial charge in [-0.15, -0.1) is 0 Å². The smallest absolute Gasteiger partial charge is 0.242 e. The third kappa shape index (κ3) is 3.44. The Morgan fingerprint density at radius 2 is 2.21 bits per heavy atom. The Labute approximate surface area is 122 Å². The Kier molecular flexibility index (Phi) is 4.79. The molecule has 0 aromatic heterocycles. The molecular formula is C12H16ClNO3S2. The average Bonchev–Trinajstić information content (AvgIpc) is 2.86. The fourth-order valence-electron chi connectivity index (χ4n) is 1.93. The molecule has 0 aliphatic carbocycles. The fourth-order valence-corrected chi connectivity index (χ4v) is 4.96. The molecule has 2 rings (SSSR count). The molecule has 0 amide bonds. The van der Waals surface area contributed by atoms with Crippen LogP contribution in [-0.2, 0) is 14.8 Å². The maximum absolute atomic E-state index is 12.2. The molecule has 4 nitrogen and oxygen atoms in total. The van der Waals surface area contributed by atoms with E-state index in [1.54, 1.807) is 37.1 Å². The third-order valence-electron chi connectivity index (χ3n) is 3.21. The minimum Gasteiger partial charge on any atom is -0.376 e. The minimum atomic E-state index is -3.60. The molecule has 0 spiro atoms. The summed E-state index contributed by atoms with van der Waals surface area (Å²) in [4.78, 5) is 0.105. The largest absolute Gasteiger partial charge is 0.376 e. The summed E-state index contributed by atoms with van der Waals surface area (Å²) in [6.45, 7) is 0.268. The lowest BCUT2D eigenvalue weighted by Crippen LogP contribution is -2.44. The van der Waals surface area contributed by atoms with Gasteiger partial charge < -0.3 is 4.74 Å². The van der Waals surface area contributed by atoms with Crippen LogP contribution in [0.1, 0.15) is 6.42 Å². The van der Waals surface area contributed by atoms with Crippen LogP contribution in [0.3, 0.4) is 0 Å². The van der Waals surface area contributed by atoms with E-state index in [1.165, 1.54) is 6.07 Å². The van der Waals surface area contributed by atoms with E-state index in [0.717, 1.165) is 17.9 Å². The number of thioether (sulfide) groups is 1. The van der Waals surface area contributed by atoms with Gasteiger partial charge >= 0.3 is 0 Å². The topological polar surface area (TPSA) is 55.4 Å². The lowest BCUT2D eigenvalue weighted by Gasteiger charge is -2.26. The zero-order valence-corrected chi connectivity index (χ0v) is 12.9. The van der Waals surface area contributed by atoms with Crippen molar-refractivity contribution in [3.8, 4) is 0 Å². The summed E-state index contributed by atoms with van der Waals surface area (Å²) in [6, 6.07) is 6.41. The number of hydrogen-bond acceptors (Lipinski definition) is 4. The highest BCUT2D eigenvalue weighted by Crippen LogP contribution is 2.31. The molecule has 0 radical (unpaired) electrons. The third-order valence-corrected chi connectivity index (χ3v) is 6.33. The molecule has 1 aromatic rings. The number of hydrogen-bond donors (Lipinski definition) is 1. The number of ether oxygens (including phenoxy) is 1. The zero-order chi connectivity index (χ0) is 13.9. The number of benzene rings is 1. The summed E-state index contributed by atoms with van der Waals surface area (Å²) >= 11 is 7.69. The number of halogens is 1. The highest BCUT2D eigenvalue weighted by Gasteiger charge is 2.35. The van der Waals surface area contributed by atoms with E-state index in [0.29, 0.717) is 0 Å². The van der Waals surface area contributed by atoms with E-state index in [-0.39, 0.29) is 16.5 Å². The van der Waals surface area contributed by atoms with Crippen molar-refractivity contribution in [1.82, 2.24) is 4.72 Å². The summed E-state index contributed by atoms with van der Waals surface area (Å²) in [5, 5.41) is 0.224. The standard InChI is InChI=1S/C12H16ClNO3S2/c1-17-12(6-7-18-9-12)8-14-19(15,16)11-5-3-2-4-10(11)13/h2-5,14H,6-9H2,1H3. The summed E-state index contributed by atoms with van der Waals surface area (Å²) in [5.41, 5.74) is -0.404. The molecule has 1 fully saturated rings. The Bertz CT molecular complexity index is 542. The molecule has 0 saturated carbocycles. The predicted molar refractivity (Wildman–Crippen MR) is 78.3 cm³/mol. The highest BCUT2D eigenvalue weighted by atomic mass is 35.5. The second-order valence-corrected chi connectivity index (χ2v) is 7.69. The van der Waals surface area contributed by atoms with E-state index in [1.807, 2.05) is 0 Å². The van der Waals surface area contributed by atoms with Gasteiger partial charge in [0.1, 0.15) is 4.90 Å². The molecule has 1 aromatic carbocycles. The molecule has 1 saturated heterocycles. The molecule has 1 N–H and O–H groups in total. The highest BCUT2D eigenvalue weighted by molar-refractivity contribution is 7.99. The van der Waals surface area contributed by atoms with Gasteiger partial charge in [0.05, 0.1) is 10.6 Å². The second-order valence-electron chi connectivity index (χ2n) is 4.44. The first kappa shape index (κ1) is 15.1. The normalized spacial score (nSPS) is 23.7. The van der Waals surface area contributed by atoms with Crippen molar-refractivity contribution in [1.29, 1.82) is 0 Å². The van der Waals surface area contributed by atoms with Gasteiger partial charge in [-0.25, -0.2) is 13.1 Å². The van der Waals surface area contributed by atoms with Crippen molar-refractivity contribution in [3.63, 3.8) is 0 Å². The van der Waals surface area contributed by atoms with Crippen LogP contribution in [0, 0.1) is 0 Å². The molecule has 106 valence electrons. The molecule has 7 heteroatoms.